The van der Waals surface area contributed by atoms with E-state index in [9.17, 15) is 4.79 Å². The van der Waals surface area contributed by atoms with Crippen molar-refractivity contribution < 1.29 is 9.53 Å². The van der Waals surface area contributed by atoms with Gasteiger partial charge in [0, 0.05) is 50.9 Å². The number of hydrogen-bond donors (Lipinski definition) is 0. The number of piperazine rings is 1. The average molecular weight is 511 g/mol. The van der Waals surface area contributed by atoms with Gasteiger partial charge in [0.25, 0.3) is 0 Å². The number of carbonyl (C=O) groups is 1. The molecule has 0 bridgehead atoms. The maximum atomic E-state index is 12.6. The van der Waals surface area contributed by atoms with Crippen molar-refractivity contribution in [2.24, 2.45) is 5.92 Å². The van der Waals surface area contributed by atoms with Gasteiger partial charge >= 0.3 is 0 Å². The molecule has 1 aliphatic rings. The first-order valence-electron chi connectivity index (χ1n) is 13.7. The Balaban J connectivity index is 1.47. The molecule has 3 heterocycles. The summed E-state index contributed by atoms with van der Waals surface area (Å²) in [4.78, 5) is 22.1. The van der Waals surface area contributed by atoms with Crippen LogP contribution in [-0.2, 0) is 11.3 Å². The highest BCUT2D eigenvalue weighted by Gasteiger charge is 2.24. The van der Waals surface area contributed by atoms with Gasteiger partial charge in [0.1, 0.15) is 11.4 Å². The molecular formula is C32H38N4O2. The number of aromatic nitrogens is 2. The zero-order valence-corrected chi connectivity index (χ0v) is 23.0. The number of nitrogens with zero attached hydrogens (tertiary/aromatic N) is 4. The summed E-state index contributed by atoms with van der Waals surface area (Å²) >= 11 is 0. The van der Waals surface area contributed by atoms with Gasteiger partial charge in [-0.25, -0.2) is 4.98 Å². The molecule has 1 saturated heterocycles. The summed E-state index contributed by atoms with van der Waals surface area (Å²) in [6.45, 7) is 13.0. The third-order valence-corrected chi connectivity index (χ3v) is 7.20. The van der Waals surface area contributed by atoms with Crippen molar-refractivity contribution in [3.05, 3.63) is 78.1 Å². The van der Waals surface area contributed by atoms with Gasteiger partial charge in [-0.15, -0.1) is 0 Å². The Bertz CT molecular complexity index is 1400. The Hall–Kier alpha value is -3.64. The van der Waals surface area contributed by atoms with Gasteiger partial charge in [-0.05, 0) is 55.2 Å². The van der Waals surface area contributed by atoms with Gasteiger partial charge in [-0.1, -0.05) is 55.8 Å². The molecule has 0 aliphatic carbocycles. The summed E-state index contributed by atoms with van der Waals surface area (Å²) in [6.07, 6.45) is 2.82. The number of benzene rings is 2. The summed E-state index contributed by atoms with van der Waals surface area (Å²) in [6, 6.07) is 21.1. The van der Waals surface area contributed by atoms with Gasteiger partial charge in [-0.3, -0.25) is 9.69 Å². The summed E-state index contributed by atoms with van der Waals surface area (Å²) in [5, 5.41) is 0. The monoisotopic (exact) mass is 510 g/mol. The molecule has 0 spiro atoms. The summed E-state index contributed by atoms with van der Waals surface area (Å²) in [7, 11) is 0. The Morgan fingerprint density at radius 1 is 0.947 bits per heavy atom. The van der Waals surface area contributed by atoms with E-state index in [2.05, 4.69) is 84.8 Å². The lowest BCUT2D eigenvalue weighted by Crippen LogP contribution is -2.48. The summed E-state index contributed by atoms with van der Waals surface area (Å²) in [5.74, 6) is 1.54. The number of pyridine rings is 1. The Morgan fingerprint density at radius 3 is 2.39 bits per heavy atom. The predicted octanol–water partition coefficient (Wildman–Crippen LogP) is 6.07. The van der Waals surface area contributed by atoms with Crippen LogP contribution in [0.4, 0.5) is 0 Å². The molecule has 0 atom stereocenters. The van der Waals surface area contributed by atoms with E-state index in [0.717, 1.165) is 66.5 Å². The molecular weight excluding hydrogens is 472 g/mol. The number of aryl methyl sites for hydroxylation is 1. The molecule has 0 unspecified atom stereocenters. The molecule has 38 heavy (non-hydrogen) atoms. The number of imidazole rings is 1. The van der Waals surface area contributed by atoms with E-state index >= 15 is 0 Å². The number of carbonyl (C=O) groups excluding carboxylic acids is 1. The van der Waals surface area contributed by atoms with Crippen molar-refractivity contribution in [3.63, 3.8) is 0 Å². The maximum Gasteiger partial charge on any atom is 0.222 e. The first-order valence-corrected chi connectivity index (χ1v) is 13.7. The third kappa shape index (κ3) is 5.76. The summed E-state index contributed by atoms with van der Waals surface area (Å²) in [5.41, 5.74) is 7.73. The van der Waals surface area contributed by atoms with E-state index < -0.39 is 0 Å². The molecule has 0 saturated carbocycles. The second kappa shape index (κ2) is 11.4. The van der Waals surface area contributed by atoms with E-state index in [1.165, 1.54) is 11.3 Å². The van der Waals surface area contributed by atoms with Crippen LogP contribution >= 0.6 is 0 Å². The van der Waals surface area contributed by atoms with Crippen LogP contribution in [0.2, 0.25) is 0 Å². The molecule has 198 valence electrons. The number of fused-ring (bicyclic) bond motifs is 1. The van der Waals surface area contributed by atoms with Crippen molar-refractivity contribution in [2.75, 3.05) is 32.8 Å². The van der Waals surface area contributed by atoms with Crippen molar-refractivity contribution in [1.82, 2.24) is 19.2 Å². The molecule has 6 heteroatoms. The van der Waals surface area contributed by atoms with Crippen LogP contribution in [0.25, 0.3) is 28.0 Å². The predicted molar refractivity (Wildman–Crippen MR) is 153 cm³/mol. The summed E-state index contributed by atoms with van der Waals surface area (Å²) < 4.78 is 7.99. The highest BCUT2D eigenvalue weighted by molar-refractivity contribution is 5.76. The van der Waals surface area contributed by atoms with Crippen LogP contribution in [-0.4, -0.2) is 57.9 Å². The van der Waals surface area contributed by atoms with E-state index in [-0.39, 0.29) is 5.91 Å². The Morgan fingerprint density at radius 2 is 1.68 bits per heavy atom. The molecule has 6 nitrogen and oxygen atoms in total. The largest absolute Gasteiger partial charge is 0.494 e. The molecule has 2 aromatic carbocycles. The van der Waals surface area contributed by atoms with Gasteiger partial charge in [0.05, 0.1) is 18.0 Å². The first kappa shape index (κ1) is 26.0. The fourth-order valence-electron chi connectivity index (χ4n) is 5.14. The minimum absolute atomic E-state index is 0.272. The smallest absolute Gasteiger partial charge is 0.222 e. The highest BCUT2D eigenvalue weighted by Crippen LogP contribution is 2.30. The van der Waals surface area contributed by atoms with Crippen LogP contribution in [0.5, 0.6) is 5.75 Å². The number of rotatable bonds is 8. The van der Waals surface area contributed by atoms with Gasteiger partial charge in [-0.2, -0.15) is 0 Å². The van der Waals surface area contributed by atoms with Gasteiger partial charge < -0.3 is 14.0 Å². The molecule has 0 N–H and O–H groups in total. The Kier molecular flexibility index (Phi) is 7.79. The number of ether oxygens (including phenoxy) is 1. The lowest BCUT2D eigenvalue weighted by atomic mass is 10.1. The molecule has 2 aromatic heterocycles. The second-order valence-corrected chi connectivity index (χ2v) is 10.6. The van der Waals surface area contributed by atoms with Crippen molar-refractivity contribution in [2.45, 2.75) is 40.7 Å². The highest BCUT2D eigenvalue weighted by atomic mass is 16.5. The van der Waals surface area contributed by atoms with Crippen LogP contribution < -0.4 is 4.74 Å². The standard InChI is InChI=1S/C32H38N4O2/c1-5-38-28-8-6-7-26(20-28)27-13-14-30-33-32(25-11-9-24(4)10-12-25)29(36(30)21-27)22-34-15-17-35(18-16-34)31(37)19-23(2)3/h6-14,20-21,23H,5,15-19,22H2,1-4H3. The van der Waals surface area contributed by atoms with E-state index in [4.69, 9.17) is 9.72 Å². The van der Waals surface area contributed by atoms with Gasteiger partial charge in [0.2, 0.25) is 5.91 Å². The van der Waals surface area contributed by atoms with Crippen LogP contribution in [0.15, 0.2) is 66.9 Å². The Labute approximate surface area is 225 Å². The fourth-order valence-corrected chi connectivity index (χ4v) is 5.14. The van der Waals surface area contributed by atoms with Crippen molar-refractivity contribution >= 4 is 11.6 Å². The molecule has 4 aromatic rings. The van der Waals surface area contributed by atoms with E-state index in [0.29, 0.717) is 18.9 Å². The van der Waals surface area contributed by atoms with Gasteiger partial charge in [0.15, 0.2) is 0 Å². The molecule has 1 fully saturated rings. The first-order chi connectivity index (χ1) is 18.4. The molecule has 1 aliphatic heterocycles. The van der Waals surface area contributed by atoms with Crippen molar-refractivity contribution in [3.8, 4) is 28.1 Å². The number of amides is 1. The lowest BCUT2D eigenvalue weighted by Gasteiger charge is -2.35. The van der Waals surface area contributed by atoms with E-state index in [1.54, 1.807) is 0 Å². The zero-order valence-electron chi connectivity index (χ0n) is 23.0. The second-order valence-electron chi connectivity index (χ2n) is 10.6. The van der Waals surface area contributed by atoms with Crippen LogP contribution in [0.1, 0.15) is 38.4 Å². The fraction of sp³-hybridized carbons (Fsp3) is 0.375. The molecule has 0 radical (unpaired) electrons. The van der Waals surface area contributed by atoms with Crippen molar-refractivity contribution in [1.29, 1.82) is 0 Å². The molecule has 5 rings (SSSR count). The van der Waals surface area contributed by atoms with Crippen LogP contribution in [0.3, 0.4) is 0 Å². The minimum atomic E-state index is 0.272. The van der Waals surface area contributed by atoms with Crippen LogP contribution in [0, 0.1) is 12.8 Å². The third-order valence-electron chi connectivity index (χ3n) is 7.20. The zero-order chi connectivity index (χ0) is 26.6. The molecule has 1 amide bonds. The maximum absolute atomic E-state index is 12.6. The minimum Gasteiger partial charge on any atom is -0.494 e. The average Bonchev–Trinajstić information content (AvgIpc) is 3.27. The van der Waals surface area contributed by atoms with E-state index in [1.807, 2.05) is 24.0 Å². The topological polar surface area (TPSA) is 50.1 Å². The normalized spacial score (nSPS) is 14.4. The lowest BCUT2D eigenvalue weighted by molar-refractivity contribution is -0.133. The quantitative estimate of drug-likeness (QED) is 0.289. The SMILES string of the molecule is CCOc1cccc(-c2ccc3nc(-c4ccc(C)cc4)c(CN4CCN(C(=O)CC(C)C)CC4)n3c2)c1. The number of hydrogen-bond acceptors (Lipinski definition) is 4.